The Bertz CT molecular complexity index is 399. The van der Waals surface area contributed by atoms with Crippen molar-refractivity contribution in [2.24, 2.45) is 5.92 Å². The van der Waals surface area contributed by atoms with Crippen molar-refractivity contribution in [2.75, 3.05) is 20.6 Å². The van der Waals surface area contributed by atoms with Crippen molar-refractivity contribution in [2.45, 2.75) is 6.92 Å². The molecular weight excluding hydrogens is 269 g/mol. The van der Waals surface area contributed by atoms with E-state index >= 15 is 0 Å². The maximum Gasteiger partial charge on any atom is 0.159 e. The summed E-state index contributed by atoms with van der Waals surface area (Å²) in [7, 11) is 3.93. The largest absolute Gasteiger partial charge is 0.309 e. The Morgan fingerprint density at radius 1 is 1.33 bits per heavy atom. The Morgan fingerprint density at radius 3 is 2.39 bits per heavy atom. The van der Waals surface area contributed by atoms with Gasteiger partial charge >= 0.3 is 0 Å². The minimum atomic E-state index is 0. The van der Waals surface area contributed by atoms with E-state index in [1.165, 1.54) is 0 Å². The van der Waals surface area contributed by atoms with Crippen LogP contribution in [0.4, 0.5) is 0 Å². The van der Waals surface area contributed by atoms with Gasteiger partial charge in [-0.2, -0.15) is 0 Å². The van der Waals surface area contributed by atoms with E-state index < -0.39 is 0 Å². The topological polar surface area (TPSA) is 20.3 Å². The van der Waals surface area contributed by atoms with Crippen molar-refractivity contribution >= 4 is 35.9 Å². The minimum Gasteiger partial charge on any atom is -0.309 e. The van der Waals surface area contributed by atoms with E-state index in [-0.39, 0.29) is 24.1 Å². The van der Waals surface area contributed by atoms with Crippen molar-refractivity contribution in [3.05, 3.63) is 40.9 Å². The van der Waals surface area contributed by atoms with Crippen LogP contribution in [0.25, 0.3) is 6.08 Å². The zero-order chi connectivity index (χ0) is 12.8. The molecule has 1 aromatic carbocycles. The van der Waals surface area contributed by atoms with Crippen molar-refractivity contribution in [1.29, 1.82) is 0 Å². The van der Waals surface area contributed by atoms with Gasteiger partial charge in [-0.05, 0) is 37.9 Å². The lowest BCUT2D eigenvalue weighted by atomic mass is 10.0. The molecule has 0 saturated heterocycles. The molecular formula is C14H19Cl2NO. The molecule has 18 heavy (non-hydrogen) atoms. The summed E-state index contributed by atoms with van der Waals surface area (Å²) in [4.78, 5) is 13.8. The van der Waals surface area contributed by atoms with Crippen LogP contribution in [-0.2, 0) is 4.79 Å². The lowest BCUT2D eigenvalue weighted by molar-refractivity contribution is -0.118. The zero-order valence-electron chi connectivity index (χ0n) is 10.9. The third-order valence-corrected chi connectivity index (χ3v) is 2.69. The molecule has 4 heteroatoms. The third kappa shape index (κ3) is 6.20. The number of halogens is 2. The number of benzene rings is 1. The van der Waals surface area contributed by atoms with E-state index in [9.17, 15) is 4.79 Å². The molecule has 0 saturated carbocycles. The second-order valence-corrected chi connectivity index (χ2v) is 4.89. The standard InChI is InChI=1S/C14H18ClNO.ClH/c1-11(10-16(2)3)14(17)9-6-12-4-7-13(15)8-5-12;/h4-9,11H,10H2,1-3H3;1H/b9-6+;. The van der Waals surface area contributed by atoms with Crippen LogP contribution in [0, 0.1) is 5.92 Å². The fourth-order valence-electron chi connectivity index (χ4n) is 1.55. The molecule has 0 bridgehead atoms. The van der Waals surface area contributed by atoms with E-state index in [1.807, 2.05) is 56.3 Å². The fourth-order valence-corrected chi connectivity index (χ4v) is 1.68. The van der Waals surface area contributed by atoms with Gasteiger partial charge < -0.3 is 4.90 Å². The second-order valence-electron chi connectivity index (χ2n) is 4.45. The van der Waals surface area contributed by atoms with Crippen molar-refractivity contribution in [3.8, 4) is 0 Å². The van der Waals surface area contributed by atoms with Crippen molar-refractivity contribution < 1.29 is 4.79 Å². The summed E-state index contributed by atoms with van der Waals surface area (Å²) in [6.45, 7) is 2.71. The smallest absolute Gasteiger partial charge is 0.159 e. The maximum absolute atomic E-state index is 11.8. The van der Waals surface area contributed by atoms with Crippen LogP contribution < -0.4 is 0 Å². The van der Waals surface area contributed by atoms with Crippen molar-refractivity contribution in [3.63, 3.8) is 0 Å². The Morgan fingerprint density at radius 2 is 1.89 bits per heavy atom. The normalized spacial score (nSPS) is 12.5. The number of carbonyl (C=O) groups excluding carboxylic acids is 1. The van der Waals surface area contributed by atoms with Gasteiger partial charge in [0.05, 0.1) is 0 Å². The number of nitrogens with zero attached hydrogens (tertiary/aromatic N) is 1. The lowest BCUT2D eigenvalue weighted by Gasteiger charge is -2.13. The molecule has 0 aliphatic rings. The number of carbonyl (C=O) groups is 1. The predicted octanol–water partition coefficient (Wildman–Crippen LogP) is 3.54. The highest BCUT2D eigenvalue weighted by atomic mass is 35.5. The van der Waals surface area contributed by atoms with Crippen LogP contribution in [0.1, 0.15) is 12.5 Å². The van der Waals surface area contributed by atoms with Gasteiger partial charge in [-0.25, -0.2) is 0 Å². The average molecular weight is 288 g/mol. The first-order valence-electron chi connectivity index (χ1n) is 5.61. The SMILES string of the molecule is CC(CN(C)C)C(=O)/C=C/c1ccc(Cl)cc1.Cl. The maximum atomic E-state index is 11.8. The Labute approximate surface area is 120 Å². The summed E-state index contributed by atoms with van der Waals surface area (Å²) >= 11 is 5.79. The van der Waals surface area contributed by atoms with Crippen LogP contribution in [0.3, 0.4) is 0 Å². The Kier molecular flexibility index (Phi) is 7.92. The molecule has 0 N–H and O–H groups in total. The molecule has 0 radical (unpaired) electrons. The number of rotatable bonds is 5. The van der Waals surface area contributed by atoms with Gasteiger partial charge in [-0.15, -0.1) is 12.4 Å². The van der Waals surface area contributed by atoms with Crippen LogP contribution in [0.15, 0.2) is 30.3 Å². The molecule has 0 aliphatic heterocycles. The second kappa shape index (κ2) is 8.30. The molecule has 0 aromatic heterocycles. The van der Waals surface area contributed by atoms with Gasteiger partial charge in [0.1, 0.15) is 0 Å². The molecule has 1 atom stereocenters. The first kappa shape index (κ1) is 17.2. The van der Waals surface area contributed by atoms with Gasteiger partial charge in [-0.1, -0.05) is 36.7 Å². The molecule has 0 heterocycles. The highest BCUT2D eigenvalue weighted by Crippen LogP contribution is 2.11. The molecule has 0 amide bonds. The molecule has 1 unspecified atom stereocenters. The Balaban J connectivity index is 0.00000289. The van der Waals surface area contributed by atoms with Gasteiger partial charge in [0.15, 0.2) is 5.78 Å². The number of hydrogen-bond acceptors (Lipinski definition) is 2. The summed E-state index contributed by atoms with van der Waals surface area (Å²) in [6, 6.07) is 7.41. The van der Waals surface area contributed by atoms with Crippen LogP contribution >= 0.6 is 24.0 Å². The quantitative estimate of drug-likeness (QED) is 0.772. The van der Waals surface area contributed by atoms with E-state index in [2.05, 4.69) is 0 Å². The summed E-state index contributed by atoms with van der Waals surface area (Å²) in [5.74, 6) is 0.169. The van der Waals surface area contributed by atoms with Gasteiger partial charge in [0, 0.05) is 17.5 Å². The van der Waals surface area contributed by atoms with Crippen LogP contribution in [0.5, 0.6) is 0 Å². The predicted molar refractivity (Wildman–Crippen MR) is 80.5 cm³/mol. The molecule has 100 valence electrons. The van der Waals surface area contributed by atoms with E-state index in [4.69, 9.17) is 11.6 Å². The van der Waals surface area contributed by atoms with Crippen molar-refractivity contribution in [1.82, 2.24) is 4.90 Å². The van der Waals surface area contributed by atoms with Crippen LogP contribution in [-0.4, -0.2) is 31.3 Å². The first-order chi connectivity index (χ1) is 7.99. The lowest BCUT2D eigenvalue weighted by Crippen LogP contribution is -2.24. The summed E-state index contributed by atoms with van der Waals surface area (Å²) < 4.78 is 0. The van der Waals surface area contributed by atoms with Crippen LogP contribution in [0.2, 0.25) is 5.02 Å². The molecule has 0 spiro atoms. The molecule has 0 aliphatic carbocycles. The summed E-state index contributed by atoms with van der Waals surface area (Å²) in [6.07, 6.45) is 3.46. The Hall–Kier alpha value is -0.830. The number of allylic oxidation sites excluding steroid dienone is 1. The van der Waals surface area contributed by atoms with Gasteiger partial charge in [0.25, 0.3) is 0 Å². The van der Waals surface area contributed by atoms with E-state index in [0.717, 1.165) is 12.1 Å². The average Bonchev–Trinajstić information content (AvgIpc) is 2.27. The molecule has 1 aromatic rings. The first-order valence-corrected chi connectivity index (χ1v) is 5.99. The highest BCUT2D eigenvalue weighted by Gasteiger charge is 2.10. The molecule has 1 rings (SSSR count). The van der Waals surface area contributed by atoms with Gasteiger partial charge in [-0.3, -0.25) is 4.79 Å². The number of hydrogen-bond donors (Lipinski definition) is 0. The fraction of sp³-hybridized carbons (Fsp3) is 0.357. The van der Waals surface area contributed by atoms with E-state index in [1.54, 1.807) is 6.08 Å². The summed E-state index contributed by atoms with van der Waals surface area (Å²) in [5, 5.41) is 0.703. The monoisotopic (exact) mass is 287 g/mol. The molecule has 2 nitrogen and oxygen atoms in total. The zero-order valence-corrected chi connectivity index (χ0v) is 12.5. The summed E-state index contributed by atoms with van der Waals surface area (Å²) in [5.41, 5.74) is 0.986. The third-order valence-electron chi connectivity index (χ3n) is 2.43. The minimum absolute atomic E-state index is 0. The van der Waals surface area contributed by atoms with Gasteiger partial charge in [0.2, 0.25) is 0 Å². The van der Waals surface area contributed by atoms with E-state index in [0.29, 0.717) is 5.02 Å². The highest BCUT2D eigenvalue weighted by molar-refractivity contribution is 6.30. The number of ketones is 1. The molecule has 0 fully saturated rings.